The molecule has 0 saturated heterocycles. The fourth-order valence-electron chi connectivity index (χ4n) is 1.84. The van der Waals surface area contributed by atoms with Crippen LogP contribution >= 0.6 is 0 Å². The number of nitrogens with one attached hydrogen (secondary N) is 2. The molecule has 0 atom stereocenters. The van der Waals surface area contributed by atoms with Crippen molar-refractivity contribution < 1.29 is 5.11 Å². The van der Waals surface area contributed by atoms with Crippen LogP contribution in [0, 0.1) is 6.92 Å². The molecule has 0 fully saturated rings. The van der Waals surface area contributed by atoms with Gasteiger partial charge in [-0.05, 0) is 34.1 Å². The number of aliphatic hydroxyl groups excluding tert-OH is 1. The Morgan fingerprint density at radius 3 is 2.32 bits per heavy atom. The number of nitrogens with zero attached hydrogens (tertiary/aromatic N) is 2. The number of hydrogen-bond acceptors (Lipinski definition) is 5. The lowest BCUT2D eigenvalue weighted by Crippen LogP contribution is -2.33. The van der Waals surface area contributed by atoms with Gasteiger partial charge in [-0.15, -0.1) is 0 Å². The SMILES string of the molecule is CCNc1nc(CC)nc(NC(C)(C)CCO)c1C. The maximum atomic E-state index is 9.10. The Kier molecular flexibility index (Phi) is 5.54. The summed E-state index contributed by atoms with van der Waals surface area (Å²) in [5, 5.41) is 15.8. The van der Waals surface area contributed by atoms with Gasteiger partial charge in [-0.3, -0.25) is 0 Å². The van der Waals surface area contributed by atoms with E-state index in [1.54, 1.807) is 0 Å². The van der Waals surface area contributed by atoms with Gasteiger partial charge >= 0.3 is 0 Å². The van der Waals surface area contributed by atoms with Crippen LogP contribution in [0.1, 0.15) is 45.5 Å². The number of aryl methyl sites for hydroxylation is 1. The van der Waals surface area contributed by atoms with Gasteiger partial charge in [-0.1, -0.05) is 6.92 Å². The Morgan fingerprint density at radius 1 is 1.16 bits per heavy atom. The molecule has 0 spiro atoms. The number of aromatic nitrogens is 2. The Morgan fingerprint density at radius 2 is 1.79 bits per heavy atom. The molecular formula is C14H26N4O. The molecule has 0 radical (unpaired) electrons. The van der Waals surface area contributed by atoms with Gasteiger partial charge in [0.15, 0.2) is 0 Å². The van der Waals surface area contributed by atoms with Crippen LogP contribution in [0.15, 0.2) is 0 Å². The summed E-state index contributed by atoms with van der Waals surface area (Å²) in [4.78, 5) is 9.06. The molecule has 1 rings (SSSR count). The first-order valence-electron chi connectivity index (χ1n) is 6.94. The van der Waals surface area contributed by atoms with Crippen LogP contribution in [-0.4, -0.2) is 33.8 Å². The molecule has 1 aromatic rings. The Balaban J connectivity index is 3.08. The molecule has 1 aromatic heterocycles. The molecule has 0 aliphatic heterocycles. The summed E-state index contributed by atoms with van der Waals surface area (Å²) in [6.45, 7) is 11.2. The van der Waals surface area contributed by atoms with Gasteiger partial charge < -0.3 is 15.7 Å². The third-order valence-corrected chi connectivity index (χ3v) is 3.05. The van der Waals surface area contributed by atoms with E-state index in [-0.39, 0.29) is 12.1 Å². The van der Waals surface area contributed by atoms with Crippen LogP contribution in [0.25, 0.3) is 0 Å². The maximum absolute atomic E-state index is 9.10. The predicted octanol–water partition coefficient (Wildman–Crippen LogP) is 2.35. The van der Waals surface area contributed by atoms with E-state index in [0.29, 0.717) is 6.42 Å². The molecule has 0 bridgehead atoms. The molecule has 5 nitrogen and oxygen atoms in total. The lowest BCUT2D eigenvalue weighted by atomic mass is 10.0. The largest absolute Gasteiger partial charge is 0.396 e. The van der Waals surface area contributed by atoms with Gasteiger partial charge in [0.2, 0.25) is 0 Å². The summed E-state index contributed by atoms with van der Waals surface area (Å²) in [7, 11) is 0. The van der Waals surface area contributed by atoms with Crippen LogP contribution in [0.3, 0.4) is 0 Å². The highest BCUT2D eigenvalue weighted by Crippen LogP contribution is 2.24. The normalized spacial score (nSPS) is 11.5. The summed E-state index contributed by atoms with van der Waals surface area (Å²) >= 11 is 0. The zero-order valence-electron chi connectivity index (χ0n) is 12.7. The summed E-state index contributed by atoms with van der Waals surface area (Å²) in [5.41, 5.74) is 0.826. The molecule has 0 aromatic carbocycles. The molecule has 0 amide bonds. The van der Waals surface area contributed by atoms with E-state index < -0.39 is 0 Å². The highest BCUT2D eigenvalue weighted by molar-refractivity contribution is 5.58. The van der Waals surface area contributed by atoms with E-state index in [9.17, 15) is 0 Å². The van der Waals surface area contributed by atoms with Gasteiger partial charge in [0.25, 0.3) is 0 Å². The molecule has 1 heterocycles. The molecular weight excluding hydrogens is 240 g/mol. The van der Waals surface area contributed by atoms with Gasteiger partial charge in [0, 0.05) is 30.7 Å². The number of aliphatic hydroxyl groups is 1. The molecule has 0 unspecified atom stereocenters. The molecule has 3 N–H and O–H groups in total. The second kappa shape index (κ2) is 6.70. The number of hydrogen-bond donors (Lipinski definition) is 3. The Bertz CT molecular complexity index is 418. The third kappa shape index (κ3) is 4.35. The third-order valence-electron chi connectivity index (χ3n) is 3.05. The van der Waals surface area contributed by atoms with E-state index in [1.165, 1.54) is 0 Å². The van der Waals surface area contributed by atoms with Crippen LogP contribution in [-0.2, 0) is 6.42 Å². The lowest BCUT2D eigenvalue weighted by Gasteiger charge is -2.27. The van der Waals surface area contributed by atoms with Crippen molar-refractivity contribution in [1.82, 2.24) is 9.97 Å². The van der Waals surface area contributed by atoms with Gasteiger partial charge in [0.1, 0.15) is 17.5 Å². The van der Waals surface area contributed by atoms with Gasteiger partial charge in [-0.2, -0.15) is 0 Å². The molecule has 0 aliphatic rings. The first-order chi connectivity index (χ1) is 8.93. The van der Waals surface area contributed by atoms with E-state index >= 15 is 0 Å². The highest BCUT2D eigenvalue weighted by atomic mass is 16.3. The Hall–Kier alpha value is -1.36. The van der Waals surface area contributed by atoms with E-state index in [0.717, 1.165) is 36.0 Å². The smallest absolute Gasteiger partial charge is 0.135 e. The number of rotatable bonds is 7. The van der Waals surface area contributed by atoms with Gasteiger partial charge in [-0.25, -0.2) is 9.97 Å². The highest BCUT2D eigenvalue weighted by Gasteiger charge is 2.20. The second-order valence-corrected chi connectivity index (χ2v) is 5.33. The number of anilines is 2. The van der Waals surface area contributed by atoms with E-state index in [1.807, 2.05) is 13.8 Å². The monoisotopic (exact) mass is 266 g/mol. The van der Waals surface area contributed by atoms with Crippen LogP contribution in [0.4, 0.5) is 11.6 Å². The maximum Gasteiger partial charge on any atom is 0.135 e. The van der Waals surface area contributed by atoms with Crippen molar-refractivity contribution in [2.75, 3.05) is 23.8 Å². The summed E-state index contributed by atoms with van der Waals surface area (Å²) in [6, 6.07) is 0. The zero-order chi connectivity index (χ0) is 14.5. The molecule has 0 aliphatic carbocycles. The Labute approximate surface area is 115 Å². The van der Waals surface area contributed by atoms with Crippen molar-refractivity contribution >= 4 is 11.6 Å². The minimum absolute atomic E-state index is 0.158. The molecule has 5 heteroatoms. The van der Waals surface area contributed by atoms with E-state index in [4.69, 9.17) is 5.11 Å². The minimum atomic E-state index is -0.192. The van der Waals surface area contributed by atoms with Crippen molar-refractivity contribution in [2.45, 2.75) is 53.0 Å². The lowest BCUT2D eigenvalue weighted by molar-refractivity contribution is 0.260. The van der Waals surface area contributed by atoms with Gasteiger partial charge in [0.05, 0.1) is 0 Å². The summed E-state index contributed by atoms with van der Waals surface area (Å²) in [5.74, 6) is 2.56. The van der Waals surface area contributed by atoms with Crippen LogP contribution < -0.4 is 10.6 Å². The fraction of sp³-hybridized carbons (Fsp3) is 0.714. The van der Waals surface area contributed by atoms with Crippen LogP contribution in [0.5, 0.6) is 0 Å². The molecule has 0 saturated carbocycles. The van der Waals surface area contributed by atoms with Crippen molar-refractivity contribution in [1.29, 1.82) is 0 Å². The summed E-state index contributed by atoms with van der Waals surface area (Å²) < 4.78 is 0. The fourth-order valence-corrected chi connectivity index (χ4v) is 1.84. The van der Waals surface area contributed by atoms with Crippen molar-refractivity contribution in [3.63, 3.8) is 0 Å². The second-order valence-electron chi connectivity index (χ2n) is 5.33. The minimum Gasteiger partial charge on any atom is -0.396 e. The van der Waals surface area contributed by atoms with Crippen LogP contribution in [0.2, 0.25) is 0 Å². The quantitative estimate of drug-likeness (QED) is 0.706. The van der Waals surface area contributed by atoms with Crippen molar-refractivity contribution in [2.24, 2.45) is 0 Å². The predicted molar refractivity (Wildman–Crippen MR) is 79.7 cm³/mol. The van der Waals surface area contributed by atoms with Crippen molar-refractivity contribution in [3.8, 4) is 0 Å². The van der Waals surface area contributed by atoms with Crippen molar-refractivity contribution in [3.05, 3.63) is 11.4 Å². The first kappa shape index (κ1) is 15.7. The first-order valence-corrected chi connectivity index (χ1v) is 6.94. The van der Waals surface area contributed by atoms with E-state index in [2.05, 4.69) is 41.4 Å². The molecule has 108 valence electrons. The average molecular weight is 266 g/mol. The standard InChI is InChI=1S/C14H26N4O/c1-6-11-16-12(15-7-2)10(3)13(17-11)18-14(4,5)8-9-19/h19H,6-9H2,1-5H3,(H2,15,16,17,18). The summed E-state index contributed by atoms with van der Waals surface area (Å²) in [6.07, 6.45) is 1.47. The average Bonchev–Trinajstić information content (AvgIpc) is 2.33. The topological polar surface area (TPSA) is 70.1 Å². The molecule has 19 heavy (non-hydrogen) atoms. The zero-order valence-corrected chi connectivity index (χ0v) is 12.7.